The molecule has 0 saturated heterocycles. The van der Waals surface area contributed by atoms with Gasteiger partial charge in [-0.05, 0) is 61.9 Å². The number of amides is 1. The minimum absolute atomic E-state index is 0.113. The predicted molar refractivity (Wildman–Crippen MR) is 125 cm³/mol. The molecule has 1 heterocycles. The van der Waals surface area contributed by atoms with Crippen molar-refractivity contribution in [3.05, 3.63) is 95.9 Å². The van der Waals surface area contributed by atoms with Gasteiger partial charge in [0.1, 0.15) is 5.82 Å². The van der Waals surface area contributed by atoms with Crippen molar-refractivity contribution in [2.24, 2.45) is 0 Å². The van der Waals surface area contributed by atoms with E-state index in [1.807, 2.05) is 49.4 Å². The Balaban J connectivity index is 1.65. The minimum Gasteiger partial charge on any atom is -0.493 e. The van der Waals surface area contributed by atoms with Crippen LogP contribution >= 0.6 is 0 Å². The number of carbonyl (C=O) groups excluding carboxylic acids is 1. The van der Waals surface area contributed by atoms with E-state index in [4.69, 9.17) is 9.47 Å². The first-order chi connectivity index (χ1) is 16.0. The maximum Gasteiger partial charge on any atom is 0.226 e. The molecule has 0 bridgehead atoms. The van der Waals surface area contributed by atoms with Crippen LogP contribution in [-0.4, -0.2) is 22.8 Å². The number of aromatic nitrogens is 2. The third kappa shape index (κ3) is 5.20. The minimum atomic E-state index is -0.340. The number of carbonyl (C=O) groups is 1. The number of benzene rings is 3. The highest BCUT2D eigenvalue weighted by atomic mass is 19.1. The predicted octanol–water partition coefficient (Wildman–Crippen LogP) is 5.69. The molecule has 3 aromatic carbocycles. The van der Waals surface area contributed by atoms with Crippen molar-refractivity contribution in [2.45, 2.75) is 19.8 Å². The number of nitrogens with one attached hydrogen (secondary N) is 1. The first kappa shape index (κ1) is 22.1. The number of methoxy groups -OCH3 is 1. The molecule has 1 aromatic heterocycles. The lowest BCUT2D eigenvalue weighted by atomic mass is 10.1. The van der Waals surface area contributed by atoms with Crippen molar-refractivity contribution in [1.82, 2.24) is 9.78 Å². The first-order valence-corrected chi connectivity index (χ1v) is 10.6. The molecule has 168 valence electrons. The van der Waals surface area contributed by atoms with Gasteiger partial charge in [0.2, 0.25) is 11.8 Å². The van der Waals surface area contributed by atoms with E-state index in [1.165, 1.54) is 12.1 Å². The van der Waals surface area contributed by atoms with Crippen LogP contribution in [0.25, 0.3) is 5.69 Å². The Kier molecular flexibility index (Phi) is 6.69. The van der Waals surface area contributed by atoms with Crippen molar-refractivity contribution in [2.75, 3.05) is 12.4 Å². The summed E-state index contributed by atoms with van der Waals surface area (Å²) in [7, 11) is 1.57. The van der Waals surface area contributed by atoms with Crippen LogP contribution in [0.3, 0.4) is 0 Å². The van der Waals surface area contributed by atoms with Gasteiger partial charge >= 0.3 is 0 Å². The van der Waals surface area contributed by atoms with Gasteiger partial charge in [-0.1, -0.05) is 30.3 Å². The molecular weight excluding hydrogens is 421 g/mol. The Morgan fingerprint density at radius 3 is 2.33 bits per heavy atom. The van der Waals surface area contributed by atoms with Gasteiger partial charge in [-0.2, -0.15) is 5.10 Å². The van der Waals surface area contributed by atoms with Crippen LogP contribution in [-0.2, 0) is 11.2 Å². The summed E-state index contributed by atoms with van der Waals surface area (Å²) in [5, 5.41) is 7.52. The largest absolute Gasteiger partial charge is 0.493 e. The second-order valence-electron chi connectivity index (χ2n) is 7.42. The van der Waals surface area contributed by atoms with Crippen molar-refractivity contribution >= 4 is 11.6 Å². The molecule has 0 spiro atoms. The molecule has 0 aliphatic heterocycles. The number of rotatable bonds is 8. The van der Waals surface area contributed by atoms with Gasteiger partial charge in [0, 0.05) is 17.7 Å². The van der Waals surface area contributed by atoms with E-state index < -0.39 is 0 Å². The van der Waals surface area contributed by atoms with Gasteiger partial charge in [-0.15, -0.1) is 0 Å². The third-order valence-electron chi connectivity index (χ3n) is 5.14. The van der Waals surface area contributed by atoms with Crippen LogP contribution in [0.4, 0.5) is 10.1 Å². The van der Waals surface area contributed by atoms with Crippen LogP contribution in [0.1, 0.15) is 17.7 Å². The summed E-state index contributed by atoms with van der Waals surface area (Å²) in [5.74, 6) is 1.08. The van der Waals surface area contributed by atoms with Crippen molar-refractivity contribution in [3.8, 4) is 23.1 Å². The smallest absolute Gasteiger partial charge is 0.226 e. The fourth-order valence-corrected chi connectivity index (χ4v) is 3.48. The van der Waals surface area contributed by atoms with E-state index in [9.17, 15) is 9.18 Å². The van der Waals surface area contributed by atoms with Crippen molar-refractivity contribution < 1.29 is 18.7 Å². The van der Waals surface area contributed by atoms with Crippen LogP contribution in [0, 0.1) is 12.7 Å². The second-order valence-corrected chi connectivity index (χ2v) is 7.42. The number of halogens is 1. The topological polar surface area (TPSA) is 65.4 Å². The number of para-hydroxylation sites is 3. The summed E-state index contributed by atoms with van der Waals surface area (Å²) in [6.07, 6.45) is 0.656. The van der Waals surface area contributed by atoms with Crippen LogP contribution in [0.2, 0.25) is 0 Å². The first-order valence-electron chi connectivity index (χ1n) is 10.6. The van der Waals surface area contributed by atoms with Gasteiger partial charge in [0.25, 0.3) is 0 Å². The molecule has 0 unspecified atom stereocenters. The molecule has 0 fully saturated rings. The fourth-order valence-electron chi connectivity index (χ4n) is 3.48. The molecule has 1 amide bonds. The zero-order valence-corrected chi connectivity index (χ0v) is 18.4. The van der Waals surface area contributed by atoms with Crippen LogP contribution in [0.15, 0.2) is 78.9 Å². The SMILES string of the molecule is COc1ccccc1Oc1c(CCC(=O)Nc2ccccc2)c(C)nn1-c1ccc(F)cc1. The van der Waals surface area contributed by atoms with Gasteiger partial charge < -0.3 is 14.8 Å². The van der Waals surface area contributed by atoms with E-state index >= 15 is 0 Å². The summed E-state index contributed by atoms with van der Waals surface area (Å²) in [4.78, 5) is 12.5. The maximum absolute atomic E-state index is 13.5. The summed E-state index contributed by atoms with van der Waals surface area (Å²) in [6.45, 7) is 1.86. The number of hydrogen-bond donors (Lipinski definition) is 1. The Labute approximate surface area is 191 Å². The standard InChI is InChI=1S/C26H24FN3O3/c1-18-22(16-17-25(31)28-20-8-4-3-5-9-20)26(33-24-11-7-6-10-23(24)32-2)30(29-18)21-14-12-19(27)13-15-21/h3-15H,16-17H2,1-2H3,(H,28,31). The van der Waals surface area contributed by atoms with E-state index in [0.717, 1.165) is 16.9 Å². The zero-order valence-electron chi connectivity index (χ0n) is 18.4. The molecule has 7 heteroatoms. The molecule has 0 saturated carbocycles. The Morgan fingerprint density at radius 1 is 0.970 bits per heavy atom. The molecular formula is C26H24FN3O3. The lowest BCUT2D eigenvalue weighted by Crippen LogP contribution is -2.12. The molecule has 0 aliphatic rings. The van der Waals surface area contributed by atoms with E-state index in [2.05, 4.69) is 10.4 Å². The monoisotopic (exact) mass is 445 g/mol. The van der Waals surface area contributed by atoms with Gasteiger partial charge in [-0.3, -0.25) is 4.79 Å². The molecule has 0 atom stereocenters. The fraction of sp³-hybridized carbons (Fsp3) is 0.154. The summed E-state index contributed by atoms with van der Waals surface area (Å²) in [5.41, 5.74) is 2.89. The normalized spacial score (nSPS) is 10.6. The highest BCUT2D eigenvalue weighted by molar-refractivity contribution is 5.90. The summed E-state index contributed by atoms with van der Waals surface area (Å²) < 4.78 is 26.8. The van der Waals surface area contributed by atoms with Crippen LogP contribution in [0.5, 0.6) is 17.4 Å². The van der Waals surface area contributed by atoms with Crippen molar-refractivity contribution in [3.63, 3.8) is 0 Å². The molecule has 6 nitrogen and oxygen atoms in total. The molecule has 1 N–H and O–H groups in total. The highest BCUT2D eigenvalue weighted by Gasteiger charge is 2.21. The molecule has 0 aliphatic carbocycles. The average molecular weight is 445 g/mol. The number of ether oxygens (including phenoxy) is 2. The molecule has 33 heavy (non-hydrogen) atoms. The molecule has 4 rings (SSSR count). The number of aryl methyl sites for hydroxylation is 1. The lowest BCUT2D eigenvalue weighted by molar-refractivity contribution is -0.116. The molecule has 0 radical (unpaired) electrons. The Morgan fingerprint density at radius 2 is 1.64 bits per heavy atom. The van der Waals surface area contributed by atoms with E-state index in [1.54, 1.807) is 36.1 Å². The zero-order chi connectivity index (χ0) is 23.2. The third-order valence-corrected chi connectivity index (χ3v) is 5.14. The van der Waals surface area contributed by atoms with E-state index in [0.29, 0.717) is 29.5 Å². The Bertz CT molecular complexity index is 1240. The quantitative estimate of drug-likeness (QED) is 0.378. The maximum atomic E-state index is 13.5. The van der Waals surface area contributed by atoms with Gasteiger partial charge in [0.05, 0.1) is 18.5 Å². The number of nitrogens with zero attached hydrogens (tertiary/aromatic N) is 2. The summed E-state index contributed by atoms with van der Waals surface area (Å²) in [6, 6.07) is 22.6. The van der Waals surface area contributed by atoms with E-state index in [-0.39, 0.29) is 18.1 Å². The average Bonchev–Trinajstić information content (AvgIpc) is 3.14. The summed E-state index contributed by atoms with van der Waals surface area (Å²) >= 11 is 0. The number of hydrogen-bond acceptors (Lipinski definition) is 4. The lowest BCUT2D eigenvalue weighted by Gasteiger charge is -2.14. The van der Waals surface area contributed by atoms with Crippen LogP contribution < -0.4 is 14.8 Å². The van der Waals surface area contributed by atoms with Gasteiger partial charge in [0.15, 0.2) is 11.5 Å². The van der Waals surface area contributed by atoms with Crippen molar-refractivity contribution in [1.29, 1.82) is 0 Å². The second kappa shape index (κ2) is 9.99. The molecule has 4 aromatic rings. The number of anilines is 1. The van der Waals surface area contributed by atoms with Gasteiger partial charge in [-0.25, -0.2) is 9.07 Å². The highest BCUT2D eigenvalue weighted by Crippen LogP contribution is 2.36. The Hall–Kier alpha value is -4.13.